The maximum atomic E-state index is 11.9. The summed E-state index contributed by atoms with van der Waals surface area (Å²) in [6.45, 7) is 12.1. The van der Waals surface area contributed by atoms with Crippen LogP contribution in [0.1, 0.15) is 40.5 Å². The number of urea groups is 1. The normalized spacial score (nSPS) is 11.0. The van der Waals surface area contributed by atoms with Crippen LogP contribution in [0.2, 0.25) is 6.04 Å². The lowest BCUT2D eigenvalue weighted by Crippen LogP contribution is -2.46. The van der Waals surface area contributed by atoms with Crippen molar-refractivity contribution in [1.82, 2.24) is 10.6 Å². The molecule has 0 radical (unpaired) electrons. The van der Waals surface area contributed by atoms with Crippen molar-refractivity contribution in [2.24, 2.45) is 0 Å². The van der Waals surface area contributed by atoms with Crippen LogP contribution < -0.4 is 10.6 Å². The molecule has 0 unspecified atom stereocenters. The third kappa shape index (κ3) is 11.5. The molecule has 2 N–H and O–H groups in total. The van der Waals surface area contributed by atoms with E-state index in [1.807, 2.05) is 20.8 Å². The van der Waals surface area contributed by atoms with E-state index in [0.717, 1.165) is 0 Å². The van der Waals surface area contributed by atoms with E-state index in [2.05, 4.69) is 17.2 Å². The maximum Gasteiger partial charge on any atom is 0.500 e. The summed E-state index contributed by atoms with van der Waals surface area (Å²) in [6.07, 6.45) is 0.613. The van der Waals surface area contributed by atoms with Gasteiger partial charge in [0.1, 0.15) is 6.61 Å². The zero-order valence-corrected chi connectivity index (χ0v) is 17.7. The predicted molar refractivity (Wildman–Crippen MR) is 102 cm³/mol. The van der Waals surface area contributed by atoms with Gasteiger partial charge in [-0.3, -0.25) is 10.1 Å². The Kier molecular flexibility index (Phi) is 13.4. The van der Waals surface area contributed by atoms with E-state index in [4.69, 9.17) is 18.0 Å². The minimum absolute atomic E-state index is 0.00149. The molecule has 9 nitrogen and oxygen atoms in total. The standard InChI is InChI=1S/C17H32N2O7Si/c1-6-24-27(25-7-2,26-8-3)13-9-10-15(20)19-17(22)18-11-12-23-16(21)14(4)5/h4,6-13H2,1-3,5H3,(H2,18,19,20,22). The highest BCUT2D eigenvalue weighted by molar-refractivity contribution is 6.60. The zero-order chi connectivity index (χ0) is 20.7. The van der Waals surface area contributed by atoms with Crippen molar-refractivity contribution in [3.8, 4) is 0 Å². The molecule has 0 bridgehead atoms. The van der Waals surface area contributed by atoms with Crippen molar-refractivity contribution in [2.75, 3.05) is 33.0 Å². The Hall–Kier alpha value is -1.75. The van der Waals surface area contributed by atoms with Gasteiger partial charge in [0, 0.05) is 37.9 Å². The second-order valence-electron chi connectivity index (χ2n) is 5.56. The van der Waals surface area contributed by atoms with Gasteiger partial charge in [0.25, 0.3) is 0 Å². The van der Waals surface area contributed by atoms with E-state index in [-0.39, 0.29) is 25.1 Å². The number of carbonyl (C=O) groups is 3. The molecule has 156 valence electrons. The van der Waals surface area contributed by atoms with Crippen molar-refractivity contribution in [1.29, 1.82) is 0 Å². The number of amides is 3. The molecule has 0 aromatic carbocycles. The van der Waals surface area contributed by atoms with Crippen LogP contribution in [0.3, 0.4) is 0 Å². The van der Waals surface area contributed by atoms with E-state index >= 15 is 0 Å². The Morgan fingerprint density at radius 2 is 1.56 bits per heavy atom. The Morgan fingerprint density at radius 3 is 2.04 bits per heavy atom. The number of rotatable bonds is 14. The number of hydrogen-bond donors (Lipinski definition) is 2. The topological polar surface area (TPSA) is 112 Å². The summed E-state index contributed by atoms with van der Waals surface area (Å²) in [5.74, 6) is -0.947. The van der Waals surface area contributed by atoms with Gasteiger partial charge in [-0.15, -0.1) is 0 Å². The zero-order valence-electron chi connectivity index (χ0n) is 16.7. The van der Waals surface area contributed by atoms with Gasteiger partial charge in [0.15, 0.2) is 0 Å². The third-order valence-corrected chi connectivity index (χ3v) is 6.35. The molecule has 0 saturated heterocycles. The van der Waals surface area contributed by atoms with Gasteiger partial charge in [-0.25, -0.2) is 9.59 Å². The first-order valence-electron chi connectivity index (χ1n) is 9.12. The second-order valence-corrected chi connectivity index (χ2v) is 8.29. The van der Waals surface area contributed by atoms with E-state index < -0.39 is 26.7 Å². The minimum atomic E-state index is -2.78. The van der Waals surface area contributed by atoms with Crippen molar-refractivity contribution in [3.05, 3.63) is 12.2 Å². The Morgan fingerprint density at radius 1 is 1.00 bits per heavy atom. The molecule has 0 rings (SSSR count). The van der Waals surface area contributed by atoms with E-state index in [9.17, 15) is 14.4 Å². The first-order valence-corrected chi connectivity index (χ1v) is 11.1. The largest absolute Gasteiger partial charge is 0.500 e. The maximum absolute atomic E-state index is 11.9. The Balaban J connectivity index is 4.17. The SMILES string of the molecule is C=C(C)C(=O)OCCNC(=O)NC(=O)CCC[Si](OCC)(OCC)OCC. The molecular formula is C17H32N2O7Si. The molecule has 0 aliphatic carbocycles. The number of imide groups is 1. The van der Waals surface area contributed by atoms with Gasteiger partial charge >= 0.3 is 20.8 Å². The van der Waals surface area contributed by atoms with Gasteiger partial charge in [0.05, 0.1) is 6.54 Å². The molecule has 10 heteroatoms. The summed E-state index contributed by atoms with van der Waals surface area (Å²) in [5, 5.41) is 4.65. The molecule has 3 amide bonds. The van der Waals surface area contributed by atoms with Gasteiger partial charge in [-0.2, -0.15) is 0 Å². The smallest absolute Gasteiger partial charge is 0.460 e. The van der Waals surface area contributed by atoms with Crippen LogP contribution in [-0.2, 0) is 27.6 Å². The molecule has 27 heavy (non-hydrogen) atoms. The third-order valence-electron chi connectivity index (χ3n) is 3.20. The molecular weight excluding hydrogens is 372 g/mol. The highest BCUT2D eigenvalue weighted by Crippen LogP contribution is 2.19. The van der Waals surface area contributed by atoms with E-state index in [1.165, 1.54) is 6.92 Å². The van der Waals surface area contributed by atoms with E-state index in [0.29, 0.717) is 32.3 Å². The van der Waals surface area contributed by atoms with Crippen LogP contribution in [0.4, 0.5) is 4.79 Å². The molecule has 0 aromatic heterocycles. The first-order chi connectivity index (χ1) is 12.8. The quantitative estimate of drug-likeness (QED) is 0.196. The molecule has 0 fully saturated rings. The van der Waals surface area contributed by atoms with Crippen molar-refractivity contribution >= 4 is 26.7 Å². The molecule has 0 spiro atoms. The van der Waals surface area contributed by atoms with Crippen LogP contribution in [0.15, 0.2) is 12.2 Å². The second kappa shape index (κ2) is 14.3. The predicted octanol–water partition coefficient (Wildman–Crippen LogP) is 1.76. The van der Waals surface area contributed by atoms with Crippen LogP contribution >= 0.6 is 0 Å². The van der Waals surface area contributed by atoms with Gasteiger partial charge in [-0.05, 0) is 34.1 Å². The van der Waals surface area contributed by atoms with Crippen LogP contribution in [0, 0.1) is 0 Å². The lowest BCUT2D eigenvalue weighted by atomic mass is 10.3. The molecule has 0 heterocycles. The van der Waals surface area contributed by atoms with E-state index in [1.54, 1.807) is 0 Å². The fourth-order valence-corrected chi connectivity index (χ4v) is 4.74. The summed E-state index contributed by atoms with van der Waals surface area (Å²) in [4.78, 5) is 34.7. The van der Waals surface area contributed by atoms with Gasteiger partial charge in [0.2, 0.25) is 5.91 Å². The molecule has 0 aliphatic heterocycles. The molecule has 0 aromatic rings. The summed E-state index contributed by atoms with van der Waals surface area (Å²) in [7, 11) is -2.78. The fourth-order valence-electron chi connectivity index (χ4n) is 2.13. The van der Waals surface area contributed by atoms with Crippen LogP contribution in [0.5, 0.6) is 0 Å². The molecule has 0 saturated carbocycles. The Bertz CT molecular complexity index is 483. The lowest BCUT2D eigenvalue weighted by Gasteiger charge is -2.28. The van der Waals surface area contributed by atoms with Crippen LogP contribution in [-0.4, -0.2) is 59.7 Å². The summed E-state index contributed by atoms with van der Waals surface area (Å²) < 4.78 is 22.0. The number of ether oxygens (including phenoxy) is 1. The lowest BCUT2D eigenvalue weighted by molar-refractivity contribution is -0.138. The summed E-state index contributed by atoms with van der Waals surface area (Å²) in [5.41, 5.74) is 0.278. The minimum Gasteiger partial charge on any atom is -0.460 e. The van der Waals surface area contributed by atoms with Gasteiger partial charge < -0.3 is 23.3 Å². The number of nitrogens with one attached hydrogen (secondary N) is 2. The van der Waals surface area contributed by atoms with Gasteiger partial charge in [-0.1, -0.05) is 6.58 Å². The summed E-state index contributed by atoms with van der Waals surface area (Å²) in [6, 6.07) is -0.150. The average Bonchev–Trinajstić information content (AvgIpc) is 2.59. The molecule has 0 atom stereocenters. The number of esters is 1. The highest BCUT2D eigenvalue weighted by atomic mass is 28.4. The fraction of sp³-hybridized carbons (Fsp3) is 0.706. The monoisotopic (exact) mass is 404 g/mol. The Labute approximate surface area is 162 Å². The van der Waals surface area contributed by atoms with Crippen molar-refractivity contribution in [2.45, 2.75) is 46.6 Å². The van der Waals surface area contributed by atoms with Crippen molar-refractivity contribution < 1.29 is 32.4 Å². The number of carbonyl (C=O) groups excluding carboxylic acids is 3. The number of hydrogen-bond acceptors (Lipinski definition) is 7. The van der Waals surface area contributed by atoms with Crippen molar-refractivity contribution in [3.63, 3.8) is 0 Å². The highest BCUT2D eigenvalue weighted by Gasteiger charge is 2.39. The van der Waals surface area contributed by atoms with Crippen LogP contribution in [0.25, 0.3) is 0 Å². The summed E-state index contributed by atoms with van der Waals surface area (Å²) >= 11 is 0. The molecule has 0 aliphatic rings. The average molecular weight is 405 g/mol. The first kappa shape index (κ1) is 25.2.